The van der Waals surface area contributed by atoms with E-state index in [1.54, 1.807) is 32.4 Å². The molecule has 7 heteroatoms. The molecule has 0 saturated carbocycles. The van der Waals surface area contributed by atoms with E-state index in [0.29, 0.717) is 56.1 Å². The number of methoxy groups -OCH3 is 2. The number of nitrogens with zero attached hydrogens (tertiary/aromatic N) is 2. The van der Waals surface area contributed by atoms with Gasteiger partial charge in [-0.1, -0.05) is 0 Å². The van der Waals surface area contributed by atoms with E-state index < -0.39 is 0 Å². The normalized spacial score (nSPS) is 23.4. The topological polar surface area (TPSA) is 68.3 Å². The average molecular weight is 390 g/mol. The summed E-state index contributed by atoms with van der Waals surface area (Å²) in [5, 5.41) is 0. The SMILES string of the molecule is COc1cc(OC)cc(C(=O)N2CCC(C(=O)N3CC(C)OC(C)C3)CC2)c1. The van der Waals surface area contributed by atoms with E-state index in [-0.39, 0.29) is 29.9 Å². The first-order valence-electron chi connectivity index (χ1n) is 9.87. The van der Waals surface area contributed by atoms with Gasteiger partial charge < -0.3 is 24.0 Å². The second-order valence-electron chi connectivity index (χ2n) is 7.67. The number of morpholine rings is 1. The van der Waals surface area contributed by atoms with E-state index in [1.165, 1.54) is 0 Å². The highest BCUT2D eigenvalue weighted by Gasteiger charge is 2.33. The molecule has 154 valence electrons. The summed E-state index contributed by atoms with van der Waals surface area (Å²) >= 11 is 0. The number of carbonyl (C=O) groups is 2. The van der Waals surface area contributed by atoms with Gasteiger partial charge in [0.2, 0.25) is 5.91 Å². The smallest absolute Gasteiger partial charge is 0.254 e. The second kappa shape index (κ2) is 8.82. The van der Waals surface area contributed by atoms with Crippen LogP contribution < -0.4 is 9.47 Å². The molecule has 0 aliphatic carbocycles. The molecule has 2 amide bonds. The van der Waals surface area contributed by atoms with Crippen LogP contribution >= 0.6 is 0 Å². The molecule has 2 aliphatic rings. The summed E-state index contributed by atoms with van der Waals surface area (Å²) in [4.78, 5) is 29.5. The molecular weight excluding hydrogens is 360 g/mol. The first-order valence-corrected chi connectivity index (χ1v) is 9.87. The van der Waals surface area contributed by atoms with Crippen LogP contribution in [0.15, 0.2) is 18.2 Å². The van der Waals surface area contributed by atoms with Gasteiger partial charge in [-0.25, -0.2) is 0 Å². The molecule has 0 N–H and O–H groups in total. The van der Waals surface area contributed by atoms with Gasteiger partial charge in [-0.2, -0.15) is 0 Å². The predicted octanol–water partition coefficient (Wildman–Crippen LogP) is 2.19. The van der Waals surface area contributed by atoms with E-state index in [0.717, 1.165) is 0 Å². The summed E-state index contributed by atoms with van der Waals surface area (Å²) in [7, 11) is 3.13. The Morgan fingerprint density at radius 3 is 1.96 bits per heavy atom. The molecule has 0 spiro atoms. The molecule has 2 unspecified atom stereocenters. The number of benzene rings is 1. The van der Waals surface area contributed by atoms with Crippen LogP contribution in [-0.4, -0.2) is 74.2 Å². The molecule has 2 atom stereocenters. The fraction of sp³-hybridized carbons (Fsp3) is 0.619. The third-order valence-corrected chi connectivity index (χ3v) is 5.46. The van der Waals surface area contributed by atoms with Crippen LogP contribution in [0.5, 0.6) is 11.5 Å². The third-order valence-electron chi connectivity index (χ3n) is 5.46. The molecular formula is C21H30N2O5. The standard InChI is InChI=1S/C21H30N2O5/c1-14-12-23(13-15(2)28-14)20(24)16-5-7-22(8-6-16)21(25)17-9-18(26-3)11-19(10-17)27-4/h9-11,14-16H,5-8,12-13H2,1-4H3. The Hall–Kier alpha value is -2.28. The molecule has 3 rings (SSSR count). The minimum atomic E-state index is -0.0586. The maximum atomic E-state index is 12.9. The summed E-state index contributed by atoms with van der Waals surface area (Å²) in [6.45, 7) is 6.44. The molecule has 0 aromatic heterocycles. The van der Waals surface area contributed by atoms with Gasteiger partial charge >= 0.3 is 0 Å². The van der Waals surface area contributed by atoms with Gasteiger partial charge in [0.25, 0.3) is 5.91 Å². The number of ether oxygens (including phenoxy) is 3. The number of hydrogen-bond acceptors (Lipinski definition) is 5. The van der Waals surface area contributed by atoms with E-state index >= 15 is 0 Å². The zero-order chi connectivity index (χ0) is 20.3. The molecule has 1 aromatic carbocycles. The molecule has 1 aromatic rings. The van der Waals surface area contributed by atoms with E-state index in [2.05, 4.69) is 0 Å². The van der Waals surface area contributed by atoms with Crippen LogP contribution in [0.1, 0.15) is 37.0 Å². The molecule has 0 bridgehead atoms. The van der Waals surface area contributed by atoms with Crippen molar-refractivity contribution in [2.75, 3.05) is 40.4 Å². The Balaban J connectivity index is 1.60. The molecule has 7 nitrogen and oxygen atoms in total. The zero-order valence-electron chi connectivity index (χ0n) is 17.1. The fourth-order valence-electron chi connectivity index (χ4n) is 4.06. The lowest BCUT2D eigenvalue weighted by molar-refractivity contribution is -0.148. The molecule has 2 aliphatic heterocycles. The van der Waals surface area contributed by atoms with Crippen molar-refractivity contribution in [3.05, 3.63) is 23.8 Å². The number of piperidine rings is 1. The van der Waals surface area contributed by atoms with Crippen LogP contribution in [0.3, 0.4) is 0 Å². The van der Waals surface area contributed by atoms with E-state index in [1.807, 2.05) is 23.6 Å². The van der Waals surface area contributed by atoms with E-state index in [9.17, 15) is 9.59 Å². The Kier molecular flexibility index (Phi) is 6.44. The van der Waals surface area contributed by atoms with Crippen molar-refractivity contribution in [2.24, 2.45) is 5.92 Å². The lowest BCUT2D eigenvalue weighted by atomic mass is 9.94. The van der Waals surface area contributed by atoms with Crippen LogP contribution in [-0.2, 0) is 9.53 Å². The van der Waals surface area contributed by atoms with Gasteiger partial charge in [0.05, 0.1) is 26.4 Å². The number of carbonyl (C=O) groups excluding carboxylic acids is 2. The second-order valence-corrected chi connectivity index (χ2v) is 7.67. The fourth-order valence-corrected chi connectivity index (χ4v) is 4.06. The Morgan fingerprint density at radius 2 is 1.46 bits per heavy atom. The third kappa shape index (κ3) is 4.58. The summed E-state index contributed by atoms with van der Waals surface area (Å²) in [5.74, 6) is 1.28. The van der Waals surface area contributed by atoms with Crippen LogP contribution in [0, 0.1) is 5.92 Å². The lowest BCUT2D eigenvalue weighted by Gasteiger charge is -2.39. The van der Waals surface area contributed by atoms with Gasteiger partial charge in [-0.3, -0.25) is 9.59 Å². The van der Waals surface area contributed by atoms with Crippen molar-refractivity contribution in [3.8, 4) is 11.5 Å². The van der Waals surface area contributed by atoms with Gasteiger partial charge in [0.1, 0.15) is 11.5 Å². The molecule has 0 radical (unpaired) electrons. The minimum Gasteiger partial charge on any atom is -0.497 e. The number of rotatable bonds is 4. The van der Waals surface area contributed by atoms with E-state index in [4.69, 9.17) is 14.2 Å². The predicted molar refractivity (Wildman–Crippen MR) is 105 cm³/mol. The summed E-state index contributed by atoms with van der Waals surface area (Å²) in [5.41, 5.74) is 0.539. The highest BCUT2D eigenvalue weighted by atomic mass is 16.5. The summed E-state index contributed by atoms with van der Waals surface area (Å²) < 4.78 is 16.2. The molecule has 28 heavy (non-hydrogen) atoms. The highest BCUT2D eigenvalue weighted by Crippen LogP contribution is 2.26. The van der Waals surface area contributed by atoms with Crippen LogP contribution in [0.4, 0.5) is 0 Å². The van der Waals surface area contributed by atoms with Crippen molar-refractivity contribution in [1.29, 1.82) is 0 Å². The number of likely N-dealkylation sites (tertiary alicyclic amines) is 1. The Bertz CT molecular complexity index is 682. The van der Waals surface area contributed by atoms with Gasteiger partial charge in [-0.15, -0.1) is 0 Å². The van der Waals surface area contributed by atoms with Crippen molar-refractivity contribution >= 4 is 11.8 Å². The number of hydrogen-bond donors (Lipinski definition) is 0. The maximum absolute atomic E-state index is 12.9. The quantitative estimate of drug-likeness (QED) is 0.788. The average Bonchev–Trinajstić information content (AvgIpc) is 2.71. The molecule has 2 fully saturated rings. The molecule has 2 heterocycles. The van der Waals surface area contributed by atoms with Crippen molar-refractivity contribution < 1.29 is 23.8 Å². The van der Waals surface area contributed by atoms with Crippen molar-refractivity contribution in [1.82, 2.24) is 9.80 Å². The maximum Gasteiger partial charge on any atom is 0.254 e. The first-order chi connectivity index (χ1) is 13.4. The van der Waals surface area contributed by atoms with Crippen LogP contribution in [0.2, 0.25) is 0 Å². The Labute approximate surface area is 166 Å². The number of amides is 2. The highest BCUT2D eigenvalue weighted by molar-refractivity contribution is 5.95. The zero-order valence-corrected chi connectivity index (χ0v) is 17.1. The largest absolute Gasteiger partial charge is 0.497 e. The molecule has 2 saturated heterocycles. The Morgan fingerprint density at radius 1 is 0.929 bits per heavy atom. The first kappa shape index (κ1) is 20.5. The van der Waals surface area contributed by atoms with Gasteiger partial charge in [0.15, 0.2) is 0 Å². The van der Waals surface area contributed by atoms with Crippen molar-refractivity contribution in [2.45, 2.75) is 38.9 Å². The van der Waals surface area contributed by atoms with Gasteiger partial charge in [-0.05, 0) is 38.8 Å². The minimum absolute atomic E-state index is 0.0265. The van der Waals surface area contributed by atoms with Crippen molar-refractivity contribution in [3.63, 3.8) is 0 Å². The monoisotopic (exact) mass is 390 g/mol. The van der Waals surface area contributed by atoms with Crippen LogP contribution in [0.25, 0.3) is 0 Å². The van der Waals surface area contributed by atoms with Gasteiger partial charge in [0, 0.05) is 43.7 Å². The summed E-state index contributed by atoms with van der Waals surface area (Å²) in [6.07, 6.45) is 1.51. The summed E-state index contributed by atoms with van der Waals surface area (Å²) in [6, 6.07) is 5.18. The lowest BCUT2D eigenvalue weighted by Crippen LogP contribution is -2.51.